The molecule has 0 N–H and O–H groups in total. The largest absolute Gasteiger partial charge is 0.461 e. The molecule has 1 aromatic rings. The molecule has 3 heteroatoms. The number of methoxy groups -OCH3 is 1. The maximum Gasteiger partial charge on any atom is 0.306 e. The Morgan fingerprint density at radius 1 is 1.33 bits per heavy atom. The van der Waals surface area contributed by atoms with Crippen LogP contribution in [0.4, 0.5) is 0 Å². The molecule has 0 radical (unpaired) electrons. The minimum atomic E-state index is -0.183. The lowest BCUT2D eigenvalue weighted by Crippen LogP contribution is -2.13. The van der Waals surface area contributed by atoms with Gasteiger partial charge in [-0.2, -0.15) is 0 Å². The van der Waals surface area contributed by atoms with Crippen molar-refractivity contribution in [1.29, 1.82) is 0 Å². The van der Waals surface area contributed by atoms with Crippen LogP contribution in [-0.4, -0.2) is 26.3 Å². The summed E-state index contributed by atoms with van der Waals surface area (Å²) in [6.07, 6.45) is 4.17. The molecule has 0 amide bonds. The topological polar surface area (TPSA) is 35.5 Å². The molecule has 0 saturated carbocycles. The molecular formula is C15H20O3. The number of esters is 1. The summed E-state index contributed by atoms with van der Waals surface area (Å²) in [5, 5.41) is 0. The van der Waals surface area contributed by atoms with Crippen molar-refractivity contribution in [3.63, 3.8) is 0 Å². The average molecular weight is 248 g/mol. The SMILES string of the molecule is COCC(C)CC(=O)OC/C=C/c1ccccc1. The number of carbonyl (C=O) groups is 1. The number of rotatable bonds is 7. The first kappa shape index (κ1) is 14.5. The van der Waals surface area contributed by atoms with Gasteiger partial charge in [-0.05, 0) is 17.6 Å². The van der Waals surface area contributed by atoms with Crippen molar-refractivity contribution in [3.05, 3.63) is 42.0 Å². The van der Waals surface area contributed by atoms with E-state index in [1.54, 1.807) is 7.11 Å². The Bertz CT molecular complexity index is 371. The Labute approximate surface area is 108 Å². The molecule has 0 aliphatic rings. The first-order valence-electron chi connectivity index (χ1n) is 6.08. The molecule has 0 spiro atoms. The first-order valence-corrected chi connectivity index (χ1v) is 6.08. The molecule has 1 unspecified atom stereocenters. The number of hydrogen-bond donors (Lipinski definition) is 0. The molecule has 0 fully saturated rings. The highest BCUT2D eigenvalue weighted by molar-refractivity contribution is 5.69. The molecule has 0 aromatic heterocycles. The minimum Gasteiger partial charge on any atom is -0.461 e. The third-order valence-electron chi connectivity index (χ3n) is 2.42. The lowest BCUT2D eigenvalue weighted by atomic mass is 10.1. The van der Waals surface area contributed by atoms with Crippen LogP contribution in [0.25, 0.3) is 6.08 Å². The van der Waals surface area contributed by atoms with Gasteiger partial charge < -0.3 is 9.47 Å². The normalized spacial score (nSPS) is 12.6. The van der Waals surface area contributed by atoms with E-state index in [2.05, 4.69) is 0 Å². The standard InChI is InChI=1S/C15H20O3/c1-13(12-17-2)11-15(16)18-10-6-9-14-7-4-3-5-8-14/h3-9,13H,10-12H2,1-2H3/b9-6+. The van der Waals surface area contributed by atoms with Crippen LogP contribution in [0.15, 0.2) is 36.4 Å². The summed E-state index contributed by atoms with van der Waals surface area (Å²) in [5.41, 5.74) is 1.10. The molecule has 1 aromatic carbocycles. The van der Waals surface area contributed by atoms with Gasteiger partial charge >= 0.3 is 5.97 Å². The van der Waals surface area contributed by atoms with Crippen LogP contribution >= 0.6 is 0 Å². The van der Waals surface area contributed by atoms with Crippen molar-refractivity contribution < 1.29 is 14.3 Å². The van der Waals surface area contributed by atoms with Crippen LogP contribution in [-0.2, 0) is 14.3 Å². The highest BCUT2D eigenvalue weighted by atomic mass is 16.5. The summed E-state index contributed by atoms with van der Waals surface area (Å²) >= 11 is 0. The van der Waals surface area contributed by atoms with Gasteiger partial charge in [0.1, 0.15) is 6.61 Å². The van der Waals surface area contributed by atoms with Crippen LogP contribution in [0.5, 0.6) is 0 Å². The van der Waals surface area contributed by atoms with E-state index in [9.17, 15) is 4.79 Å². The molecule has 0 aliphatic heterocycles. The highest BCUT2D eigenvalue weighted by Gasteiger charge is 2.08. The molecule has 0 bridgehead atoms. The lowest BCUT2D eigenvalue weighted by molar-refractivity contribution is -0.143. The zero-order chi connectivity index (χ0) is 13.2. The summed E-state index contributed by atoms with van der Waals surface area (Å²) in [4.78, 5) is 11.4. The molecular weight excluding hydrogens is 228 g/mol. The Morgan fingerprint density at radius 3 is 2.72 bits per heavy atom. The maximum atomic E-state index is 11.4. The van der Waals surface area contributed by atoms with E-state index in [1.807, 2.05) is 49.4 Å². The lowest BCUT2D eigenvalue weighted by Gasteiger charge is -2.08. The van der Waals surface area contributed by atoms with Crippen molar-refractivity contribution >= 4 is 12.0 Å². The summed E-state index contributed by atoms with van der Waals surface area (Å²) < 4.78 is 10.1. The first-order chi connectivity index (χ1) is 8.72. The number of carbonyl (C=O) groups excluding carboxylic acids is 1. The molecule has 0 aliphatic carbocycles. The van der Waals surface area contributed by atoms with Crippen molar-refractivity contribution in [2.75, 3.05) is 20.3 Å². The van der Waals surface area contributed by atoms with Gasteiger partial charge in [0.25, 0.3) is 0 Å². The fraction of sp³-hybridized carbons (Fsp3) is 0.400. The highest BCUT2D eigenvalue weighted by Crippen LogP contribution is 2.04. The Morgan fingerprint density at radius 2 is 2.06 bits per heavy atom. The van der Waals surface area contributed by atoms with Crippen LogP contribution in [0, 0.1) is 5.92 Å². The Balaban J connectivity index is 2.21. The number of benzene rings is 1. The van der Waals surface area contributed by atoms with Gasteiger partial charge in [-0.25, -0.2) is 0 Å². The van der Waals surface area contributed by atoms with E-state index < -0.39 is 0 Å². The van der Waals surface area contributed by atoms with Crippen LogP contribution in [0.2, 0.25) is 0 Å². The third kappa shape index (κ3) is 6.21. The summed E-state index contributed by atoms with van der Waals surface area (Å²) in [6, 6.07) is 9.91. The quantitative estimate of drug-likeness (QED) is 0.696. The van der Waals surface area contributed by atoms with E-state index in [0.717, 1.165) is 5.56 Å². The van der Waals surface area contributed by atoms with E-state index in [4.69, 9.17) is 9.47 Å². The van der Waals surface area contributed by atoms with Gasteiger partial charge in [0.15, 0.2) is 0 Å². The minimum absolute atomic E-state index is 0.183. The second-order valence-electron chi connectivity index (χ2n) is 4.26. The summed E-state index contributed by atoms with van der Waals surface area (Å²) in [5.74, 6) is 0.0119. The third-order valence-corrected chi connectivity index (χ3v) is 2.42. The van der Waals surface area contributed by atoms with Crippen LogP contribution < -0.4 is 0 Å². The van der Waals surface area contributed by atoms with Crippen molar-refractivity contribution in [2.45, 2.75) is 13.3 Å². The Kier molecular flexibility index (Phi) is 6.81. The van der Waals surface area contributed by atoms with Crippen molar-refractivity contribution in [2.24, 2.45) is 5.92 Å². The van der Waals surface area contributed by atoms with E-state index >= 15 is 0 Å². The number of hydrogen-bond acceptors (Lipinski definition) is 3. The van der Waals surface area contributed by atoms with Gasteiger partial charge in [0, 0.05) is 13.7 Å². The fourth-order valence-electron chi connectivity index (χ4n) is 1.58. The molecule has 98 valence electrons. The van der Waals surface area contributed by atoms with Crippen molar-refractivity contribution in [3.8, 4) is 0 Å². The Hall–Kier alpha value is -1.61. The second-order valence-corrected chi connectivity index (χ2v) is 4.26. The second kappa shape index (κ2) is 8.48. The van der Waals surface area contributed by atoms with Gasteiger partial charge in [0.2, 0.25) is 0 Å². The molecule has 0 saturated heterocycles. The molecule has 1 atom stereocenters. The summed E-state index contributed by atoms with van der Waals surface area (Å²) in [6.45, 7) is 2.85. The van der Waals surface area contributed by atoms with Crippen LogP contribution in [0.3, 0.4) is 0 Å². The predicted molar refractivity (Wildman–Crippen MR) is 72.1 cm³/mol. The fourth-order valence-corrected chi connectivity index (χ4v) is 1.58. The van der Waals surface area contributed by atoms with Crippen molar-refractivity contribution in [1.82, 2.24) is 0 Å². The monoisotopic (exact) mass is 248 g/mol. The van der Waals surface area contributed by atoms with E-state index in [0.29, 0.717) is 19.6 Å². The van der Waals surface area contributed by atoms with E-state index in [-0.39, 0.29) is 11.9 Å². The molecule has 1 rings (SSSR count). The predicted octanol–water partition coefficient (Wildman–Crippen LogP) is 2.92. The molecule has 0 heterocycles. The van der Waals surface area contributed by atoms with Gasteiger partial charge in [-0.3, -0.25) is 4.79 Å². The van der Waals surface area contributed by atoms with Gasteiger partial charge in [0.05, 0.1) is 6.42 Å². The zero-order valence-corrected chi connectivity index (χ0v) is 11.0. The molecule has 18 heavy (non-hydrogen) atoms. The van der Waals surface area contributed by atoms with E-state index in [1.165, 1.54) is 0 Å². The number of ether oxygens (including phenoxy) is 2. The van der Waals surface area contributed by atoms with Gasteiger partial charge in [-0.15, -0.1) is 0 Å². The zero-order valence-electron chi connectivity index (χ0n) is 11.0. The maximum absolute atomic E-state index is 11.4. The molecule has 3 nitrogen and oxygen atoms in total. The smallest absolute Gasteiger partial charge is 0.306 e. The summed E-state index contributed by atoms with van der Waals surface area (Å²) in [7, 11) is 1.63. The average Bonchev–Trinajstić information content (AvgIpc) is 2.36. The van der Waals surface area contributed by atoms with Gasteiger partial charge in [-0.1, -0.05) is 43.3 Å². The van der Waals surface area contributed by atoms with Crippen LogP contribution in [0.1, 0.15) is 18.9 Å².